The smallest absolute Gasteiger partial charge is 0.183 e. The summed E-state index contributed by atoms with van der Waals surface area (Å²) < 4.78 is 0.904. The highest BCUT2D eigenvalue weighted by molar-refractivity contribution is 9.10. The van der Waals surface area contributed by atoms with E-state index in [4.69, 9.17) is 0 Å². The normalized spacial score (nSPS) is 10.4. The van der Waals surface area contributed by atoms with E-state index in [9.17, 15) is 0 Å². The van der Waals surface area contributed by atoms with E-state index < -0.39 is 0 Å². The van der Waals surface area contributed by atoms with Gasteiger partial charge in [0, 0.05) is 16.8 Å². The van der Waals surface area contributed by atoms with Crippen molar-refractivity contribution in [3.63, 3.8) is 0 Å². The Morgan fingerprint density at radius 1 is 1.43 bits per heavy atom. The Morgan fingerprint density at radius 2 is 2.36 bits per heavy atom. The van der Waals surface area contributed by atoms with E-state index in [0.717, 1.165) is 22.7 Å². The molecule has 0 aliphatic heterocycles. The average molecular weight is 289 g/mol. The SMILES string of the molecule is Brc1csc(NCCc2cccs2)n1. The summed E-state index contributed by atoms with van der Waals surface area (Å²) in [6.07, 6.45) is 1.06. The molecule has 1 N–H and O–H groups in total. The van der Waals surface area contributed by atoms with Crippen molar-refractivity contribution in [1.29, 1.82) is 0 Å². The highest BCUT2D eigenvalue weighted by Crippen LogP contribution is 2.19. The molecule has 0 aliphatic carbocycles. The van der Waals surface area contributed by atoms with Crippen molar-refractivity contribution in [3.05, 3.63) is 32.4 Å². The molecule has 2 aromatic rings. The number of nitrogens with zero attached hydrogens (tertiary/aromatic N) is 1. The molecule has 2 nitrogen and oxygen atoms in total. The van der Waals surface area contributed by atoms with Gasteiger partial charge in [0.2, 0.25) is 0 Å². The molecule has 0 aliphatic rings. The Balaban J connectivity index is 1.78. The second kappa shape index (κ2) is 4.91. The maximum absolute atomic E-state index is 4.26. The molecule has 0 fully saturated rings. The number of thiophene rings is 1. The lowest BCUT2D eigenvalue weighted by Gasteiger charge is -1.99. The van der Waals surface area contributed by atoms with Crippen molar-refractivity contribution in [2.24, 2.45) is 0 Å². The summed E-state index contributed by atoms with van der Waals surface area (Å²) in [4.78, 5) is 5.67. The Kier molecular flexibility index (Phi) is 3.55. The first-order chi connectivity index (χ1) is 6.84. The van der Waals surface area contributed by atoms with Crippen LogP contribution in [0.4, 0.5) is 5.13 Å². The Morgan fingerprint density at radius 3 is 3.00 bits per heavy atom. The lowest BCUT2D eigenvalue weighted by atomic mass is 10.3. The van der Waals surface area contributed by atoms with Crippen molar-refractivity contribution >= 4 is 43.7 Å². The molecule has 5 heteroatoms. The van der Waals surface area contributed by atoms with Crippen LogP contribution in [0.2, 0.25) is 0 Å². The molecule has 0 unspecified atom stereocenters. The van der Waals surface area contributed by atoms with Gasteiger partial charge in [0.15, 0.2) is 5.13 Å². The first kappa shape index (κ1) is 10.1. The predicted octanol–water partition coefficient (Wildman–Crippen LogP) is 3.62. The summed E-state index contributed by atoms with van der Waals surface area (Å²) in [5.41, 5.74) is 0. The summed E-state index contributed by atoms with van der Waals surface area (Å²) >= 11 is 6.74. The van der Waals surface area contributed by atoms with Crippen molar-refractivity contribution in [2.45, 2.75) is 6.42 Å². The fraction of sp³-hybridized carbons (Fsp3) is 0.222. The fourth-order valence-electron chi connectivity index (χ4n) is 1.08. The van der Waals surface area contributed by atoms with Gasteiger partial charge in [-0.15, -0.1) is 22.7 Å². The third-order valence-electron chi connectivity index (χ3n) is 1.70. The zero-order chi connectivity index (χ0) is 9.80. The van der Waals surface area contributed by atoms with Crippen LogP contribution in [0.3, 0.4) is 0 Å². The Labute approximate surface area is 99.1 Å². The molecule has 0 atom stereocenters. The van der Waals surface area contributed by atoms with Crippen molar-refractivity contribution in [1.82, 2.24) is 4.98 Å². The van der Waals surface area contributed by atoms with Crippen LogP contribution in [0, 0.1) is 0 Å². The number of thiazole rings is 1. The van der Waals surface area contributed by atoms with Crippen LogP contribution in [-0.2, 0) is 6.42 Å². The monoisotopic (exact) mass is 288 g/mol. The minimum atomic E-state index is 0.904. The largest absolute Gasteiger partial charge is 0.361 e. The molecule has 0 aromatic carbocycles. The Bertz CT molecular complexity index is 383. The van der Waals surface area contributed by atoms with E-state index in [1.807, 2.05) is 5.38 Å². The van der Waals surface area contributed by atoms with Crippen LogP contribution in [-0.4, -0.2) is 11.5 Å². The van der Waals surface area contributed by atoms with E-state index >= 15 is 0 Å². The van der Waals surface area contributed by atoms with Crippen LogP contribution < -0.4 is 5.32 Å². The Hall–Kier alpha value is -0.390. The zero-order valence-corrected chi connectivity index (χ0v) is 10.6. The third kappa shape index (κ3) is 2.80. The molecule has 14 heavy (non-hydrogen) atoms. The van der Waals surface area contributed by atoms with Gasteiger partial charge in [0.1, 0.15) is 4.60 Å². The maximum atomic E-state index is 4.26. The molecule has 0 spiro atoms. The highest BCUT2D eigenvalue weighted by atomic mass is 79.9. The van der Waals surface area contributed by atoms with Crippen LogP contribution in [0.5, 0.6) is 0 Å². The van der Waals surface area contributed by atoms with Gasteiger partial charge in [0.05, 0.1) is 0 Å². The second-order valence-electron chi connectivity index (χ2n) is 2.73. The van der Waals surface area contributed by atoms with Crippen LogP contribution >= 0.6 is 38.6 Å². The summed E-state index contributed by atoms with van der Waals surface area (Å²) in [6.45, 7) is 0.945. The predicted molar refractivity (Wildman–Crippen MR) is 66.3 cm³/mol. The van der Waals surface area contributed by atoms with Gasteiger partial charge in [-0.3, -0.25) is 0 Å². The molecule has 0 saturated carbocycles. The topological polar surface area (TPSA) is 24.9 Å². The van der Waals surface area contributed by atoms with E-state index in [-0.39, 0.29) is 0 Å². The molecule has 0 bridgehead atoms. The molecule has 0 amide bonds. The standard InChI is InChI=1S/C9H9BrN2S2/c10-8-6-14-9(12-8)11-4-3-7-2-1-5-13-7/h1-2,5-6H,3-4H2,(H,11,12). The second-order valence-corrected chi connectivity index (χ2v) is 5.43. The first-order valence-electron chi connectivity index (χ1n) is 4.22. The molecule has 2 rings (SSSR count). The van der Waals surface area contributed by atoms with Gasteiger partial charge in [-0.25, -0.2) is 4.98 Å². The first-order valence-corrected chi connectivity index (χ1v) is 6.77. The van der Waals surface area contributed by atoms with E-state index in [1.54, 1.807) is 22.7 Å². The number of nitrogens with one attached hydrogen (secondary N) is 1. The summed E-state index contributed by atoms with van der Waals surface area (Å²) in [5.74, 6) is 0. The third-order valence-corrected chi connectivity index (χ3v) is 4.15. The summed E-state index contributed by atoms with van der Waals surface area (Å²) in [7, 11) is 0. The van der Waals surface area contributed by atoms with Gasteiger partial charge in [-0.05, 0) is 33.8 Å². The molecule has 0 saturated heterocycles. The van der Waals surface area contributed by atoms with Crippen LogP contribution in [0.15, 0.2) is 27.5 Å². The van der Waals surface area contributed by atoms with Gasteiger partial charge in [-0.2, -0.15) is 0 Å². The van der Waals surface area contributed by atoms with E-state index in [0.29, 0.717) is 0 Å². The van der Waals surface area contributed by atoms with Gasteiger partial charge in [-0.1, -0.05) is 6.07 Å². The van der Waals surface area contributed by atoms with Gasteiger partial charge < -0.3 is 5.32 Å². The number of hydrogen-bond donors (Lipinski definition) is 1. The molecule has 0 radical (unpaired) electrons. The average Bonchev–Trinajstić information content (AvgIpc) is 2.77. The summed E-state index contributed by atoms with van der Waals surface area (Å²) in [6, 6.07) is 4.24. The molecular weight excluding hydrogens is 280 g/mol. The fourth-order valence-corrected chi connectivity index (χ4v) is 2.96. The van der Waals surface area contributed by atoms with E-state index in [1.165, 1.54) is 4.88 Å². The van der Waals surface area contributed by atoms with Crippen LogP contribution in [0.25, 0.3) is 0 Å². The number of hydrogen-bond acceptors (Lipinski definition) is 4. The number of rotatable bonds is 4. The number of anilines is 1. The number of halogens is 1. The minimum absolute atomic E-state index is 0.904. The minimum Gasteiger partial charge on any atom is -0.361 e. The van der Waals surface area contributed by atoms with Gasteiger partial charge in [0.25, 0.3) is 0 Å². The van der Waals surface area contributed by atoms with Crippen molar-refractivity contribution in [3.8, 4) is 0 Å². The summed E-state index contributed by atoms with van der Waals surface area (Å²) in [5, 5.41) is 8.35. The van der Waals surface area contributed by atoms with Crippen molar-refractivity contribution < 1.29 is 0 Å². The lowest BCUT2D eigenvalue weighted by Crippen LogP contribution is -2.03. The highest BCUT2D eigenvalue weighted by Gasteiger charge is 1.98. The van der Waals surface area contributed by atoms with Gasteiger partial charge >= 0.3 is 0 Å². The molecule has 2 aromatic heterocycles. The van der Waals surface area contributed by atoms with Crippen LogP contribution in [0.1, 0.15) is 4.88 Å². The maximum Gasteiger partial charge on any atom is 0.183 e. The lowest BCUT2D eigenvalue weighted by molar-refractivity contribution is 1.04. The van der Waals surface area contributed by atoms with Crippen molar-refractivity contribution in [2.75, 3.05) is 11.9 Å². The molecular formula is C9H9BrN2S2. The van der Waals surface area contributed by atoms with E-state index in [2.05, 4.69) is 43.7 Å². The zero-order valence-electron chi connectivity index (χ0n) is 7.37. The molecule has 74 valence electrons. The molecule has 2 heterocycles. The quantitative estimate of drug-likeness (QED) is 0.930. The number of aromatic nitrogens is 1.